The minimum atomic E-state index is 0.0787. The summed E-state index contributed by atoms with van der Waals surface area (Å²) in [5.41, 5.74) is 3.05. The summed E-state index contributed by atoms with van der Waals surface area (Å²) in [5, 5.41) is 7.71. The van der Waals surface area contributed by atoms with Crippen molar-refractivity contribution in [3.8, 4) is 0 Å². The Balaban J connectivity index is 1.20. The van der Waals surface area contributed by atoms with Gasteiger partial charge in [-0.05, 0) is 86.1 Å². The second kappa shape index (κ2) is 8.08. The molecule has 5 fully saturated rings. The molecule has 1 saturated heterocycles. The Kier molecular flexibility index (Phi) is 4.86. The quantitative estimate of drug-likeness (QED) is 0.619. The highest BCUT2D eigenvalue weighted by atomic mass is 16.1. The number of aromatic nitrogens is 3. The van der Waals surface area contributed by atoms with E-state index in [2.05, 4.69) is 44.8 Å². The molecule has 7 nitrogen and oxygen atoms in total. The summed E-state index contributed by atoms with van der Waals surface area (Å²) in [4.78, 5) is 25.0. The molecule has 0 amide bonds. The van der Waals surface area contributed by atoms with Gasteiger partial charge >= 0.3 is 0 Å². The van der Waals surface area contributed by atoms with E-state index in [4.69, 9.17) is 4.98 Å². The highest BCUT2D eigenvalue weighted by Gasteiger charge is 2.49. The van der Waals surface area contributed by atoms with Crippen LogP contribution in [0.15, 0.2) is 47.4 Å². The lowest BCUT2D eigenvalue weighted by atomic mass is 9.54. The molecule has 0 spiro atoms. The highest BCUT2D eigenvalue weighted by Crippen LogP contribution is 2.58. The van der Waals surface area contributed by atoms with Gasteiger partial charge in [-0.15, -0.1) is 0 Å². The topological polar surface area (TPSA) is 75.1 Å². The van der Waals surface area contributed by atoms with Gasteiger partial charge in [0.15, 0.2) is 0 Å². The molecule has 34 heavy (non-hydrogen) atoms. The molecule has 3 heterocycles. The standard InChI is InChI=1S/C27H32N6O/c34-24-6-1-19-16-29-27(30-22-2-4-23(5-3-22)32-9-7-28-8-10-32)31-26(19)33(24)25-20-12-17-11-18(14-20)15-21(25)13-17/h1-6,16-18,20-21,25,28H,7-15H2,(H,29,30,31). The number of rotatable bonds is 4. The molecule has 0 radical (unpaired) electrons. The summed E-state index contributed by atoms with van der Waals surface area (Å²) in [5.74, 6) is 3.53. The number of piperazine rings is 1. The SMILES string of the molecule is O=c1ccc2cnc(Nc3ccc(N4CCNCC4)cc3)nc2n1C1C2CC3CC(C2)CC1C3. The molecule has 4 saturated carbocycles. The number of hydrogen-bond acceptors (Lipinski definition) is 6. The fourth-order valence-corrected chi connectivity index (χ4v) is 7.51. The van der Waals surface area contributed by atoms with Gasteiger partial charge in [0.2, 0.25) is 5.95 Å². The first-order valence-electron chi connectivity index (χ1n) is 12.9. The number of anilines is 3. The number of benzene rings is 1. The zero-order valence-corrected chi connectivity index (χ0v) is 19.5. The van der Waals surface area contributed by atoms with Crippen LogP contribution >= 0.6 is 0 Å². The number of nitrogens with one attached hydrogen (secondary N) is 2. The van der Waals surface area contributed by atoms with Crippen molar-refractivity contribution in [2.75, 3.05) is 36.4 Å². The van der Waals surface area contributed by atoms with Crippen LogP contribution < -0.4 is 21.1 Å². The lowest BCUT2D eigenvalue weighted by molar-refractivity contribution is -0.0289. The molecule has 176 valence electrons. The third-order valence-corrected chi connectivity index (χ3v) is 8.75. The molecule has 2 aromatic heterocycles. The molecule has 1 aliphatic heterocycles. The minimum Gasteiger partial charge on any atom is -0.369 e. The first kappa shape index (κ1) is 20.4. The van der Waals surface area contributed by atoms with E-state index < -0.39 is 0 Å². The van der Waals surface area contributed by atoms with Crippen molar-refractivity contribution < 1.29 is 0 Å². The van der Waals surface area contributed by atoms with Crippen LogP contribution in [0, 0.1) is 23.7 Å². The van der Waals surface area contributed by atoms with E-state index >= 15 is 0 Å². The number of fused-ring (bicyclic) bond motifs is 1. The van der Waals surface area contributed by atoms with Crippen LogP contribution in [-0.4, -0.2) is 40.7 Å². The van der Waals surface area contributed by atoms with E-state index in [1.165, 1.54) is 37.8 Å². The summed E-state index contributed by atoms with van der Waals surface area (Å²) in [7, 11) is 0. The van der Waals surface area contributed by atoms with Crippen LogP contribution in [0.4, 0.5) is 17.3 Å². The van der Waals surface area contributed by atoms with Crippen LogP contribution in [0.2, 0.25) is 0 Å². The van der Waals surface area contributed by atoms with Gasteiger partial charge in [-0.3, -0.25) is 9.36 Å². The largest absolute Gasteiger partial charge is 0.369 e. The monoisotopic (exact) mass is 456 g/mol. The minimum absolute atomic E-state index is 0.0787. The number of nitrogens with zero attached hydrogens (tertiary/aromatic N) is 4. The van der Waals surface area contributed by atoms with Gasteiger partial charge in [0.25, 0.3) is 5.56 Å². The van der Waals surface area contributed by atoms with E-state index in [1.54, 1.807) is 6.07 Å². The van der Waals surface area contributed by atoms with Crippen molar-refractivity contribution in [1.29, 1.82) is 0 Å². The third-order valence-electron chi connectivity index (χ3n) is 8.75. The number of pyridine rings is 1. The summed E-state index contributed by atoms with van der Waals surface area (Å²) in [6.07, 6.45) is 8.36. The van der Waals surface area contributed by atoms with Gasteiger partial charge in [0.1, 0.15) is 5.65 Å². The molecule has 0 atom stereocenters. The molecule has 4 bridgehead atoms. The van der Waals surface area contributed by atoms with Crippen molar-refractivity contribution in [2.45, 2.75) is 38.1 Å². The van der Waals surface area contributed by atoms with Gasteiger partial charge < -0.3 is 15.5 Å². The average Bonchev–Trinajstić information content (AvgIpc) is 2.86. The van der Waals surface area contributed by atoms with Crippen molar-refractivity contribution in [2.24, 2.45) is 23.7 Å². The molecular formula is C27H32N6O. The van der Waals surface area contributed by atoms with E-state index in [-0.39, 0.29) is 11.6 Å². The zero-order valence-electron chi connectivity index (χ0n) is 19.5. The van der Waals surface area contributed by atoms with Crippen molar-refractivity contribution >= 4 is 28.4 Å². The van der Waals surface area contributed by atoms with Gasteiger partial charge in [-0.1, -0.05) is 0 Å². The molecule has 8 rings (SSSR count). The van der Waals surface area contributed by atoms with Crippen LogP contribution in [0.3, 0.4) is 0 Å². The molecule has 4 aliphatic carbocycles. The summed E-state index contributed by atoms with van der Waals surface area (Å²) < 4.78 is 2.03. The van der Waals surface area contributed by atoms with Gasteiger partial charge in [-0.25, -0.2) is 4.98 Å². The summed E-state index contributed by atoms with van der Waals surface area (Å²) in [6, 6.07) is 12.3. The van der Waals surface area contributed by atoms with Gasteiger partial charge in [0.05, 0.1) is 0 Å². The third kappa shape index (κ3) is 3.49. The molecule has 5 aliphatic rings. The second-order valence-corrected chi connectivity index (χ2v) is 10.8. The Morgan fingerprint density at radius 3 is 2.29 bits per heavy atom. The van der Waals surface area contributed by atoms with Crippen molar-refractivity contribution in [3.05, 3.63) is 52.9 Å². The van der Waals surface area contributed by atoms with Gasteiger partial charge in [0, 0.05) is 61.2 Å². The highest BCUT2D eigenvalue weighted by molar-refractivity contribution is 5.76. The number of hydrogen-bond donors (Lipinski definition) is 2. The predicted octanol–water partition coefficient (Wildman–Crippen LogP) is 3.94. The van der Waals surface area contributed by atoms with Gasteiger partial charge in [-0.2, -0.15) is 4.98 Å². The van der Waals surface area contributed by atoms with E-state index in [9.17, 15) is 4.79 Å². The maximum Gasteiger partial charge on any atom is 0.252 e. The zero-order chi connectivity index (χ0) is 22.6. The van der Waals surface area contributed by atoms with E-state index in [0.717, 1.165) is 54.7 Å². The first-order chi connectivity index (χ1) is 16.7. The molecule has 2 N–H and O–H groups in total. The van der Waals surface area contributed by atoms with Crippen LogP contribution in [0.1, 0.15) is 38.1 Å². The summed E-state index contributed by atoms with van der Waals surface area (Å²) >= 11 is 0. The molecule has 3 aromatic rings. The Bertz CT molecular complexity index is 1230. The molecule has 0 unspecified atom stereocenters. The van der Waals surface area contributed by atoms with Crippen molar-refractivity contribution in [3.63, 3.8) is 0 Å². The van der Waals surface area contributed by atoms with Crippen molar-refractivity contribution in [1.82, 2.24) is 19.9 Å². The smallest absolute Gasteiger partial charge is 0.252 e. The molecule has 7 heteroatoms. The maximum atomic E-state index is 13.2. The molecule has 1 aromatic carbocycles. The predicted molar refractivity (Wildman–Crippen MR) is 135 cm³/mol. The first-order valence-corrected chi connectivity index (χ1v) is 12.9. The Morgan fingerprint density at radius 2 is 1.59 bits per heavy atom. The molecular weight excluding hydrogens is 424 g/mol. The Labute approximate surface area is 199 Å². The maximum absolute atomic E-state index is 13.2. The lowest BCUT2D eigenvalue weighted by Gasteiger charge is -2.54. The van der Waals surface area contributed by atoms with E-state index in [1.807, 2.05) is 16.8 Å². The average molecular weight is 457 g/mol. The summed E-state index contributed by atoms with van der Waals surface area (Å²) in [6.45, 7) is 4.11. The fraction of sp³-hybridized carbons (Fsp3) is 0.519. The lowest BCUT2D eigenvalue weighted by Crippen LogP contribution is -2.48. The van der Waals surface area contributed by atoms with Crippen LogP contribution in [0.25, 0.3) is 11.0 Å². The fourth-order valence-electron chi connectivity index (χ4n) is 7.51. The Morgan fingerprint density at radius 1 is 0.882 bits per heavy atom. The van der Waals surface area contributed by atoms with Crippen LogP contribution in [0.5, 0.6) is 0 Å². The Hall–Kier alpha value is -2.93. The van der Waals surface area contributed by atoms with E-state index in [0.29, 0.717) is 17.8 Å². The second-order valence-electron chi connectivity index (χ2n) is 10.8. The van der Waals surface area contributed by atoms with Crippen LogP contribution in [-0.2, 0) is 0 Å². The normalized spacial score (nSPS) is 30.1.